The number of carbonyl (C=O) groups excluding carboxylic acids is 2. The molecule has 0 bridgehead atoms. The van der Waals surface area contributed by atoms with Gasteiger partial charge in [0.2, 0.25) is 5.91 Å². The van der Waals surface area contributed by atoms with Crippen LogP contribution in [0.3, 0.4) is 0 Å². The minimum absolute atomic E-state index is 0.133. The number of para-hydroxylation sites is 2. The molecule has 34 heavy (non-hydrogen) atoms. The number of rotatable bonds is 6. The van der Waals surface area contributed by atoms with Crippen LogP contribution in [0, 0.1) is 13.8 Å². The van der Waals surface area contributed by atoms with E-state index in [2.05, 4.69) is 26.6 Å². The molecule has 1 aliphatic rings. The lowest BCUT2D eigenvalue weighted by Gasteiger charge is -2.34. The van der Waals surface area contributed by atoms with Crippen molar-refractivity contribution in [1.29, 1.82) is 0 Å². The Morgan fingerprint density at radius 1 is 0.912 bits per heavy atom. The molecule has 0 aliphatic carbocycles. The summed E-state index contributed by atoms with van der Waals surface area (Å²) < 4.78 is 2.13. The van der Waals surface area contributed by atoms with Gasteiger partial charge in [-0.25, -0.2) is 0 Å². The highest BCUT2D eigenvalue weighted by Gasteiger charge is 2.25. The summed E-state index contributed by atoms with van der Waals surface area (Å²) in [6, 6.07) is 20.2. The summed E-state index contributed by atoms with van der Waals surface area (Å²) in [5.41, 5.74) is 5.96. The van der Waals surface area contributed by atoms with Crippen molar-refractivity contribution in [2.24, 2.45) is 0 Å². The first-order valence-electron chi connectivity index (χ1n) is 11.8. The molecule has 2 aromatic carbocycles. The lowest BCUT2D eigenvalue weighted by atomic mass is 10.1. The second-order valence-electron chi connectivity index (χ2n) is 9.07. The van der Waals surface area contributed by atoms with Crippen molar-refractivity contribution < 1.29 is 9.59 Å². The summed E-state index contributed by atoms with van der Waals surface area (Å²) in [5.74, 6) is 0.274. The maximum absolute atomic E-state index is 13.1. The highest BCUT2D eigenvalue weighted by Crippen LogP contribution is 2.22. The first-order chi connectivity index (χ1) is 16.5. The summed E-state index contributed by atoms with van der Waals surface area (Å²) in [7, 11) is 0. The zero-order valence-corrected chi connectivity index (χ0v) is 19.8. The normalized spacial score (nSPS) is 14.6. The number of H-pyrrole nitrogens is 1. The van der Waals surface area contributed by atoms with Crippen LogP contribution in [0.5, 0.6) is 0 Å². The largest absolute Gasteiger partial charge is 0.361 e. The maximum Gasteiger partial charge on any atom is 0.227 e. The first-order valence-corrected chi connectivity index (χ1v) is 11.8. The maximum atomic E-state index is 13.1. The van der Waals surface area contributed by atoms with Crippen molar-refractivity contribution in [3.63, 3.8) is 0 Å². The molecule has 3 heterocycles. The molecule has 2 aromatic heterocycles. The number of fused-ring (bicyclic) bond motifs is 1. The number of hydrogen-bond acceptors (Lipinski definition) is 3. The van der Waals surface area contributed by atoms with E-state index in [9.17, 15) is 9.59 Å². The molecule has 5 rings (SSSR count). The van der Waals surface area contributed by atoms with Gasteiger partial charge in [-0.2, -0.15) is 0 Å². The zero-order valence-electron chi connectivity index (χ0n) is 19.8. The average Bonchev–Trinajstić information content (AvgIpc) is 3.40. The van der Waals surface area contributed by atoms with Crippen molar-refractivity contribution in [3.8, 4) is 5.69 Å². The molecule has 1 saturated heterocycles. The highest BCUT2D eigenvalue weighted by atomic mass is 16.2. The smallest absolute Gasteiger partial charge is 0.227 e. The van der Waals surface area contributed by atoms with E-state index in [0.29, 0.717) is 39.1 Å². The summed E-state index contributed by atoms with van der Waals surface area (Å²) in [6.45, 7) is 7.15. The van der Waals surface area contributed by atoms with Gasteiger partial charge >= 0.3 is 0 Å². The predicted octanol–water partition coefficient (Wildman–Crippen LogP) is 4.15. The fourth-order valence-electron chi connectivity index (χ4n) is 5.02. The van der Waals surface area contributed by atoms with Crippen molar-refractivity contribution in [1.82, 2.24) is 19.4 Å². The molecular formula is C28H30N4O2. The quantitative estimate of drug-likeness (QED) is 0.446. The monoisotopic (exact) mass is 454 g/mol. The third kappa shape index (κ3) is 4.29. The predicted molar refractivity (Wildman–Crippen MR) is 135 cm³/mol. The molecular weight excluding hydrogens is 424 g/mol. The number of ketones is 1. The third-order valence-electron chi connectivity index (χ3n) is 6.85. The van der Waals surface area contributed by atoms with Gasteiger partial charge in [0, 0.05) is 65.9 Å². The number of aromatic nitrogens is 2. The molecule has 174 valence electrons. The Bertz CT molecular complexity index is 1330. The van der Waals surface area contributed by atoms with Crippen LogP contribution < -0.4 is 0 Å². The summed E-state index contributed by atoms with van der Waals surface area (Å²) in [6.07, 6.45) is 2.33. The molecule has 6 heteroatoms. The van der Waals surface area contributed by atoms with E-state index in [1.807, 2.05) is 73.5 Å². The van der Waals surface area contributed by atoms with Crippen molar-refractivity contribution in [3.05, 3.63) is 89.4 Å². The minimum Gasteiger partial charge on any atom is -0.361 e. The van der Waals surface area contributed by atoms with E-state index in [1.54, 1.807) is 0 Å². The number of Topliss-reactive ketones (excluding diaryl/α,β-unsaturated/α-hetero) is 1. The Morgan fingerprint density at radius 2 is 1.62 bits per heavy atom. The van der Waals surface area contributed by atoms with Gasteiger partial charge in [0.05, 0.1) is 13.0 Å². The van der Waals surface area contributed by atoms with Crippen LogP contribution in [0.1, 0.15) is 27.3 Å². The van der Waals surface area contributed by atoms with Gasteiger partial charge in [0.1, 0.15) is 0 Å². The molecule has 0 saturated carbocycles. The Hall–Kier alpha value is -3.64. The summed E-state index contributed by atoms with van der Waals surface area (Å²) in [5, 5.41) is 1.10. The van der Waals surface area contributed by atoms with Gasteiger partial charge < -0.3 is 14.5 Å². The molecule has 1 N–H and O–H groups in total. The zero-order chi connectivity index (χ0) is 23.7. The highest BCUT2D eigenvalue weighted by molar-refractivity contribution is 5.99. The van der Waals surface area contributed by atoms with E-state index < -0.39 is 0 Å². The Labute approximate surface area is 199 Å². The minimum atomic E-state index is 0.133. The van der Waals surface area contributed by atoms with Crippen LogP contribution in [0.15, 0.2) is 66.9 Å². The third-order valence-corrected chi connectivity index (χ3v) is 6.85. The van der Waals surface area contributed by atoms with E-state index in [4.69, 9.17) is 0 Å². The van der Waals surface area contributed by atoms with E-state index in [0.717, 1.165) is 39.1 Å². The number of aromatic amines is 1. The second-order valence-corrected chi connectivity index (χ2v) is 9.07. The summed E-state index contributed by atoms with van der Waals surface area (Å²) >= 11 is 0. The van der Waals surface area contributed by atoms with E-state index >= 15 is 0 Å². The van der Waals surface area contributed by atoms with E-state index in [1.165, 1.54) is 0 Å². The lowest BCUT2D eigenvalue weighted by Crippen LogP contribution is -2.50. The molecule has 0 radical (unpaired) electrons. The number of carbonyl (C=O) groups is 2. The van der Waals surface area contributed by atoms with Crippen LogP contribution in [0.25, 0.3) is 16.6 Å². The molecule has 1 amide bonds. The van der Waals surface area contributed by atoms with Crippen LogP contribution in [-0.2, 0) is 11.2 Å². The number of nitrogens with zero attached hydrogens (tertiary/aromatic N) is 3. The summed E-state index contributed by atoms with van der Waals surface area (Å²) in [4.78, 5) is 33.4. The fourth-order valence-corrected chi connectivity index (χ4v) is 5.02. The van der Waals surface area contributed by atoms with Gasteiger partial charge in [-0.1, -0.05) is 36.4 Å². The fraction of sp³-hybridized carbons (Fsp3) is 0.286. The Kier molecular flexibility index (Phi) is 6.07. The number of nitrogens with one attached hydrogen (secondary N) is 1. The molecule has 0 atom stereocenters. The topological polar surface area (TPSA) is 61.3 Å². The number of amides is 1. The number of benzene rings is 2. The van der Waals surface area contributed by atoms with Crippen LogP contribution >= 0.6 is 0 Å². The number of aryl methyl sites for hydroxylation is 1. The molecule has 6 nitrogen and oxygen atoms in total. The molecule has 0 unspecified atom stereocenters. The van der Waals surface area contributed by atoms with Crippen molar-refractivity contribution >= 4 is 22.6 Å². The van der Waals surface area contributed by atoms with Crippen LogP contribution in [0.4, 0.5) is 0 Å². The van der Waals surface area contributed by atoms with Gasteiger partial charge in [0.25, 0.3) is 0 Å². The van der Waals surface area contributed by atoms with Gasteiger partial charge in [-0.3, -0.25) is 14.5 Å². The Balaban J connectivity index is 1.19. The standard InChI is InChI=1S/C28H30N4O2/c1-20-16-25(21(2)32(20)23-8-4-3-5-9-23)27(33)19-30-12-14-31(15-13-30)28(34)17-22-18-29-26-11-7-6-10-24(22)26/h3-11,16,18,29H,12-15,17,19H2,1-2H3. The SMILES string of the molecule is Cc1cc(C(=O)CN2CCN(C(=O)Cc3c[nH]c4ccccc34)CC2)c(C)n1-c1ccccc1. The van der Waals surface area contributed by atoms with Crippen molar-refractivity contribution in [2.75, 3.05) is 32.7 Å². The van der Waals surface area contributed by atoms with Crippen LogP contribution in [-0.4, -0.2) is 63.8 Å². The number of hydrogen-bond donors (Lipinski definition) is 1. The molecule has 1 aliphatic heterocycles. The van der Waals surface area contributed by atoms with Gasteiger partial charge in [0.15, 0.2) is 5.78 Å². The molecule has 1 fully saturated rings. The first kappa shape index (κ1) is 22.2. The van der Waals surface area contributed by atoms with E-state index in [-0.39, 0.29) is 11.7 Å². The van der Waals surface area contributed by atoms with Gasteiger partial charge in [-0.15, -0.1) is 0 Å². The molecule has 0 spiro atoms. The second kappa shape index (κ2) is 9.31. The molecule has 4 aromatic rings. The van der Waals surface area contributed by atoms with Gasteiger partial charge in [-0.05, 0) is 43.7 Å². The average molecular weight is 455 g/mol. The Morgan fingerprint density at radius 3 is 2.38 bits per heavy atom. The lowest BCUT2D eigenvalue weighted by molar-refractivity contribution is -0.132. The van der Waals surface area contributed by atoms with Crippen LogP contribution in [0.2, 0.25) is 0 Å². The van der Waals surface area contributed by atoms with Crippen molar-refractivity contribution in [2.45, 2.75) is 20.3 Å². The number of piperazine rings is 1.